The molecule has 0 fully saturated rings. The van der Waals surface area contributed by atoms with Crippen molar-refractivity contribution in [2.45, 2.75) is 6.42 Å². The molecule has 0 heterocycles. The maximum Gasteiger partial charge on any atom is 0.254 e. The fraction of sp³-hybridized carbons (Fsp3) is 0.385. The zero-order chi connectivity index (χ0) is 15.0. The van der Waals surface area contributed by atoms with E-state index in [0.29, 0.717) is 19.2 Å². The van der Waals surface area contributed by atoms with Crippen molar-refractivity contribution < 1.29 is 23.1 Å². The second-order valence-corrected chi connectivity index (χ2v) is 3.97. The molecule has 0 saturated heterocycles. The number of carbonyl (C=O) groups is 2. The molecule has 0 aromatic heterocycles. The van der Waals surface area contributed by atoms with Crippen LogP contribution in [-0.2, 0) is 9.53 Å². The standard InChI is InChI=1S/C13H16F2N2O3/c1-20-7-6-16-12(18)4-5-17-13(19)10-3-2-9(14)8-11(10)15/h2-3,8H,4-7H2,1H3,(H,16,18)(H,17,19). The van der Waals surface area contributed by atoms with Crippen LogP contribution in [0.4, 0.5) is 8.78 Å². The van der Waals surface area contributed by atoms with Gasteiger partial charge in [-0.15, -0.1) is 0 Å². The minimum absolute atomic E-state index is 0.0640. The Kier molecular flexibility index (Phi) is 6.58. The van der Waals surface area contributed by atoms with E-state index in [2.05, 4.69) is 10.6 Å². The predicted molar refractivity (Wildman–Crippen MR) is 68.2 cm³/mol. The number of benzene rings is 1. The van der Waals surface area contributed by atoms with E-state index in [1.165, 1.54) is 7.11 Å². The molecule has 0 unspecified atom stereocenters. The van der Waals surface area contributed by atoms with Gasteiger partial charge in [-0.1, -0.05) is 0 Å². The molecule has 2 amide bonds. The van der Waals surface area contributed by atoms with E-state index >= 15 is 0 Å². The zero-order valence-corrected chi connectivity index (χ0v) is 11.0. The molecular weight excluding hydrogens is 270 g/mol. The SMILES string of the molecule is COCCNC(=O)CCNC(=O)c1ccc(F)cc1F. The molecule has 20 heavy (non-hydrogen) atoms. The lowest BCUT2D eigenvalue weighted by Gasteiger charge is -2.07. The third-order valence-corrected chi connectivity index (χ3v) is 2.44. The Labute approximate surface area is 115 Å². The molecular formula is C13H16F2N2O3. The van der Waals surface area contributed by atoms with Gasteiger partial charge in [-0.25, -0.2) is 8.78 Å². The second kappa shape index (κ2) is 8.21. The lowest BCUT2D eigenvalue weighted by atomic mass is 10.2. The van der Waals surface area contributed by atoms with Gasteiger partial charge in [0.15, 0.2) is 0 Å². The van der Waals surface area contributed by atoms with Gasteiger partial charge in [0.2, 0.25) is 5.91 Å². The molecule has 7 heteroatoms. The third-order valence-electron chi connectivity index (χ3n) is 2.44. The highest BCUT2D eigenvalue weighted by Crippen LogP contribution is 2.09. The van der Waals surface area contributed by atoms with Gasteiger partial charge in [0, 0.05) is 32.7 Å². The molecule has 1 rings (SSSR count). The van der Waals surface area contributed by atoms with Crippen LogP contribution in [0.2, 0.25) is 0 Å². The van der Waals surface area contributed by atoms with Crippen LogP contribution < -0.4 is 10.6 Å². The Hall–Kier alpha value is -2.02. The molecule has 0 aliphatic rings. The molecule has 0 aliphatic carbocycles. The Balaban J connectivity index is 2.34. The van der Waals surface area contributed by atoms with Gasteiger partial charge < -0.3 is 15.4 Å². The normalized spacial score (nSPS) is 10.2. The van der Waals surface area contributed by atoms with E-state index in [-0.39, 0.29) is 24.4 Å². The summed E-state index contributed by atoms with van der Waals surface area (Å²) in [5, 5.41) is 4.96. The number of hydrogen-bond donors (Lipinski definition) is 2. The van der Waals surface area contributed by atoms with Crippen LogP contribution in [-0.4, -0.2) is 38.6 Å². The summed E-state index contributed by atoms with van der Waals surface area (Å²) in [4.78, 5) is 22.9. The summed E-state index contributed by atoms with van der Waals surface area (Å²) in [6.07, 6.45) is 0.0677. The van der Waals surface area contributed by atoms with Crippen molar-refractivity contribution in [2.75, 3.05) is 26.8 Å². The van der Waals surface area contributed by atoms with Crippen molar-refractivity contribution in [1.82, 2.24) is 10.6 Å². The summed E-state index contributed by atoms with van der Waals surface area (Å²) in [6.45, 7) is 0.850. The molecule has 2 N–H and O–H groups in total. The Morgan fingerprint density at radius 3 is 2.60 bits per heavy atom. The number of methoxy groups -OCH3 is 1. The van der Waals surface area contributed by atoms with Gasteiger partial charge in [0.25, 0.3) is 5.91 Å². The topological polar surface area (TPSA) is 67.4 Å². The molecule has 5 nitrogen and oxygen atoms in total. The molecule has 1 aromatic carbocycles. The Morgan fingerprint density at radius 1 is 1.20 bits per heavy atom. The van der Waals surface area contributed by atoms with Crippen molar-refractivity contribution >= 4 is 11.8 Å². The number of hydrogen-bond acceptors (Lipinski definition) is 3. The van der Waals surface area contributed by atoms with Crippen molar-refractivity contribution in [3.05, 3.63) is 35.4 Å². The molecule has 0 spiro atoms. The van der Waals surface area contributed by atoms with Gasteiger partial charge in [-0.05, 0) is 12.1 Å². The second-order valence-electron chi connectivity index (χ2n) is 3.97. The van der Waals surface area contributed by atoms with Crippen LogP contribution in [0.25, 0.3) is 0 Å². The molecule has 0 aliphatic heterocycles. The number of ether oxygens (including phenoxy) is 1. The number of nitrogens with one attached hydrogen (secondary N) is 2. The summed E-state index contributed by atoms with van der Waals surface area (Å²) in [5.41, 5.74) is -0.258. The maximum absolute atomic E-state index is 13.3. The highest BCUT2D eigenvalue weighted by molar-refractivity contribution is 5.94. The largest absolute Gasteiger partial charge is 0.383 e. The van der Waals surface area contributed by atoms with Crippen molar-refractivity contribution in [3.63, 3.8) is 0 Å². The fourth-order valence-electron chi connectivity index (χ4n) is 1.44. The van der Waals surface area contributed by atoms with Gasteiger partial charge >= 0.3 is 0 Å². The van der Waals surface area contributed by atoms with Crippen molar-refractivity contribution in [1.29, 1.82) is 0 Å². The maximum atomic E-state index is 13.3. The molecule has 0 atom stereocenters. The van der Waals surface area contributed by atoms with Gasteiger partial charge in [-0.2, -0.15) is 0 Å². The van der Waals surface area contributed by atoms with Crippen LogP contribution in [0.15, 0.2) is 18.2 Å². The Morgan fingerprint density at radius 2 is 1.95 bits per heavy atom. The Bertz CT molecular complexity index is 481. The monoisotopic (exact) mass is 286 g/mol. The quantitative estimate of drug-likeness (QED) is 0.730. The molecule has 0 saturated carbocycles. The lowest BCUT2D eigenvalue weighted by Crippen LogP contribution is -2.32. The van der Waals surface area contributed by atoms with Gasteiger partial charge in [-0.3, -0.25) is 9.59 Å². The highest BCUT2D eigenvalue weighted by atomic mass is 19.1. The zero-order valence-electron chi connectivity index (χ0n) is 11.0. The molecule has 1 aromatic rings. The third kappa shape index (κ3) is 5.31. The van der Waals surface area contributed by atoms with E-state index in [0.717, 1.165) is 12.1 Å². The smallest absolute Gasteiger partial charge is 0.254 e. The lowest BCUT2D eigenvalue weighted by molar-refractivity contribution is -0.121. The summed E-state index contributed by atoms with van der Waals surface area (Å²) in [6, 6.07) is 2.68. The fourth-order valence-corrected chi connectivity index (χ4v) is 1.44. The minimum Gasteiger partial charge on any atom is -0.383 e. The van der Waals surface area contributed by atoms with E-state index in [9.17, 15) is 18.4 Å². The first kappa shape index (κ1) is 16.0. The first-order valence-electron chi connectivity index (χ1n) is 6.03. The number of carbonyl (C=O) groups excluding carboxylic acids is 2. The van der Waals surface area contributed by atoms with E-state index in [1.807, 2.05) is 0 Å². The predicted octanol–water partition coefficient (Wildman–Crippen LogP) is 0.847. The number of amides is 2. The highest BCUT2D eigenvalue weighted by Gasteiger charge is 2.12. The number of halogens is 2. The average molecular weight is 286 g/mol. The van der Waals surface area contributed by atoms with E-state index in [1.54, 1.807) is 0 Å². The first-order valence-corrected chi connectivity index (χ1v) is 6.03. The summed E-state index contributed by atoms with van der Waals surface area (Å²) in [5.74, 6) is -2.63. The van der Waals surface area contributed by atoms with Crippen molar-refractivity contribution in [3.8, 4) is 0 Å². The van der Waals surface area contributed by atoms with Crippen molar-refractivity contribution in [2.24, 2.45) is 0 Å². The van der Waals surface area contributed by atoms with Crippen LogP contribution in [0, 0.1) is 11.6 Å². The van der Waals surface area contributed by atoms with Gasteiger partial charge in [0.05, 0.1) is 12.2 Å². The van der Waals surface area contributed by atoms with Crippen LogP contribution in [0.1, 0.15) is 16.8 Å². The van der Waals surface area contributed by atoms with Crippen LogP contribution >= 0.6 is 0 Å². The van der Waals surface area contributed by atoms with E-state index in [4.69, 9.17) is 4.74 Å². The van der Waals surface area contributed by atoms with Crippen LogP contribution in [0.3, 0.4) is 0 Å². The summed E-state index contributed by atoms with van der Waals surface area (Å²) >= 11 is 0. The van der Waals surface area contributed by atoms with E-state index < -0.39 is 17.5 Å². The molecule has 0 bridgehead atoms. The van der Waals surface area contributed by atoms with Crippen LogP contribution in [0.5, 0.6) is 0 Å². The first-order chi connectivity index (χ1) is 9.54. The minimum atomic E-state index is -0.938. The molecule has 110 valence electrons. The summed E-state index contributed by atoms with van der Waals surface area (Å²) in [7, 11) is 1.52. The summed E-state index contributed by atoms with van der Waals surface area (Å²) < 4.78 is 30.7. The molecule has 0 radical (unpaired) electrons. The number of rotatable bonds is 7. The van der Waals surface area contributed by atoms with Gasteiger partial charge in [0.1, 0.15) is 11.6 Å². The average Bonchev–Trinajstić information content (AvgIpc) is 2.38.